The van der Waals surface area contributed by atoms with Crippen LogP contribution in [0, 0.1) is 11.6 Å². The van der Waals surface area contributed by atoms with Crippen molar-refractivity contribution in [1.82, 2.24) is 4.90 Å². The zero-order chi connectivity index (χ0) is 20.3. The molecular formula is C20H25F2N3O2S. The Kier molecular flexibility index (Phi) is 6.20. The van der Waals surface area contributed by atoms with Crippen LogP contribution in [0.5, 0.6) is 0 Å². The van der Waals surface area contributed by atoms with Gasteiger partial charge in [-0.25, -0.2) is 17.2 Å². The number of hydrogen-bond donors (Lipinski definition) is 1. The van der Waals surface area contributed by atoms with Crippen LogP contribution in [0.25, 0.3) is 0 Å². The Bertz CT molecular complexity index is 930. The molecule has 1 aliphatic heterocycles. The fraction of sp³-hybridized carbons (Fsp3) is 0.400. The molecule has 0 spiro atoms. The number of likely N-dealkylation sites (N-methyl/N-ethyl adjacent to an activating group) is 1. The Morgan fingerprint density at radius 3 is 2.39 bits per heavy atom. The quantitative estimate of drug-likeness (QED) is 0.821. The first-order valence-electron chi connectivity index (χ1n) is 9.34. The fourth-order valence-electron chi connectivity index (χ4n) is 3.39. The number of nitrogens with one attached hydrogen (secondary N) is 1. The third kappa shape index (κ3) is 4.44. The molecule has 1 heterocycles. The van der Waals surface area contributed by atoms with Crippen molar-refractivity contribution in [3.63, 3.8) is 0 Å². The van der Waals surface area contributed by atoms with Gasteiger partial charge in [0.25, 0.3) is 0 Å². The van der Waals surface area contributed by atoms with E-state index in [0.29, 0.717) is 18.3 Å². The molecule has 5 nitrogen and oxygen atoms in total. The Hall–Kier alpha value is -2.19. The van der Waals surface area contributed by atoms with Gasteiger partial charge < -0.3 is 15.1 Å². The number of sulfone groups is 1. The number of halogens is 2. The third-order valence-electron chi connectivity index (χ3n) is 4.85. The van der Waals surface area contributed by atoms with Crippen molar-refractivity contribution in [2.45, 2.75) is 23.1 Å². The summed E-state index contributed by atoms with van der Waals surface area (Å²) in [5, 5.41) is 3.08. The maximum atomic E-state index is 13.6. The summed E-state index contributed by atoms with van der Waals surface area (Å²) in [6, 6.07) is 7.41. The van der Waals surface area contributed by atoms with Gasteiger partial charge in [0.15, 0.2) is 0 Å². The van der Waals surface area contributed by atoms with E-state index < -0.39 is 26.4 Å². The molecule has 0 radical (unpaired) electrons. The lowest BCUT2D eigenvalue weighted by Crippen LogP contribution is -2.28. The van der Waals surface area contributed by atoms with Gasteiger partial charge in [0, 0.05) is 37.9 Å². The summed E-state index contributed by atoms with van der Waals surface area (Å²) >= 11 is 0. The molecular weight excluding hydrogens is 384 g/mol. The molecule has 28 heavy (non-hydrogen) atoms. The Labute approximate surface area is 164 Å². The lowest BCUT2D eigenvalue weighted by Gasteiger charge is -2.24. The van der Waals surface area contributed by atoms with Gasteiger partial charge in [-0.1, -0.05) is 0 Å². The minimum absolute atomic E-state index is 0.00930. The molecule has 2 aromatic carbocycles. The van der Waals surface area contributed by atoms with Crippen LogP contribution in [-0.2, 0) is 9.84 Å². The molecule has 2 aromatic rings. The van der Waals surface area contributed by atoms with E-state index in [2.05, 4.69) is 22.2 Å². The second-order valence-electron chi connectivity index (χ2n) is 6.96. The average molecular weight is 410 g/mol. The lowest BCUT2D eigenvalue weighted by atomic mass is 10.2. The summed E-state index contributed by atoms with van der Waals surface area (Å²) in [5.74, 6) is -1.84. The summed E-state index contributed by atoms with van der Waals surface area (Å²) in [6.07, 6.45) is 1.02. The van der Waals surface area contributed by atoms with Crippen molar-refractivity contribution in [2.24, 2.45) is 0 Å². The molecule has 152 valence electrons. The van der Waals surface area contributed by atoms with Gasteiger partial charge in [0.05, 0.1) is 15.5 Å². The monoisotopic (exact) mass is 409 g/mol. The van der Waals surface area contributed by atoms with Crippen molar-refractivity contribution in [2.75, 3.05) is 50.0 Å². The maximum absolute atomic E-state index is 13.6. The van der Waals surface area contributed by atoms with Crippen LogP contribution in [-0.4, -0.2) is 53.1 Å². The molecule has 0 aromatic heterocycles. The van der Waals surface area contributed by atoms with Gasteiger partial charge >= 0.3 is 0 Å². The van der Waals surface area contributed by atoms with Gasteiger partial charge in [-0.2, -0.15) is 0 Å². The minimum Gasteiger partial charge on any atom is -0.384 e. The van der Waals surface area contributed by atoms with Crippen LogP contribution in [0.1, 0.15) is 13.3 Å². The van der Waals surface area contributed by atoms with Crippen LogP contribution in [0.4, 0.5) is 20.2 Å². The van der Waals surface area contributed by atoms with Gasteiger partial charge in [0.2, 0.25) is 9.84 Å². The van der Waals surface area contributed by atoms with Crippen molar-refractivity contribution in [1.29, 1.82) is 0 Å². The predicted molar refractivity (Wildman–Crippen MR) is 107 cm³/mol. The standard InChI is InChI=1S/C20H25F2N3O2S/c1-3-23-19-14-17(25-8-4-7-24(2)9-10-25)5-6-20(19)28(26,27)18-12-15(21)11-16(22)13-18/h5-6,11-14,23H,3-4,7-10H2,1-2H3. The average Bonchev–Trinajstić information content (AvgIpc) is 2.85. The van der Waals surface area contributed by atoms with Gasteiger partial charge in [-0.3, -0.25) is 0 Å². The first-order chi connectivity index (χ1) is 13.3. The smallest absolute Gasteiger partial charge is 0.208 e. The Balaban J connectivity index is 2.01. The second-order valence-corrected chi connectivity index (χ2v) is 8.88. The molecule has 0 atom stereocenters. The van der Waals surface area contributed by atoms with Crippen molar-refractivity contribution in [3.05, 3.63) is 48.0 Å². The van der Waals surface area contributed by atoms with E-state index >= 15 is 0 Å². The number of benzene rings is 2. The first kappa shape index (κ1) is 20.5. The highest BCUT2D eigenvalue weighted by Crippen LogP contribution is 2.32. The van der Waals surface area contributed by atoms with E-state index in [1.165, 1.54) is 6.07 Å². The molecule has 0 bridgehead atoms. The summed E-state index contributed by atoms with van der Waals surface area (Å²) in [5.41, 5.74) is 1.36. The zero-order valence-electron chi connectivity index (χ0n) is 16.1. The van der Waals surface area contributed by atoms with E-state index in [9.17, 15) is 17.2 Å². The summed E-state index contributed by atoms with van der Waals surface area (Å²) in [7, 11) is -1.98. The van der Waals surface area contributed by atoms with Crippen LogP contribution in [0.3, 0.4) is 0 Å². The number of hydrogen-bond acceptors (Lipinski definition) is 5. The van der Waals surface area contributed by atoms with Crippen LogP contribution in [0.2, 0.25) is 0 Å². The normalized spacial score (nSPS) is 16.1. The summed E-state index contributed by atoms with van der Waals surface area (Å²) < 4.78 is 53.2. The van der Waals surface area contributed by atoms with E-state index in [1.807, 2.05) is 6.92 Å². The number of anilines is 2. The number of rotatable bonds is 5. The molecule has 3 rings (SSSR count). The second kappa shape index (κ2) is 8.45. The van der Waals surface area contributed by atoms with E-state index in [4.69, 9.17) is 0 Å². The lowest BCUT2D eigenvalue weighted by molar-refractivity contribution is 0.360. The molecule has 1 fully saturated rings. The van der Waals surface area contributed by atoms with Crippen LogP contribution >= 0.6 is 0 Å². The highest BCUT2D eigenvalue weighted by atomic mass is 32.2. The topological polar surface area (TPSA) is 52.6 Å². The SMILES string of the molecule is CCNc1cc(N2CCCN(C)CC2)ccc1S(=O)(=O)c1cc(F)cc(F)c1. The van der Waals surface area contributed by atoms with Gasteiger partial charge in [-0.15, -0.1) is 0 Å². The highest BCUT2D eigenvalue weighted by Gasteiger charge is 2.24. The van der Waals surface area contributed by atoms with Crippen LogP contribution < -0.4 is 10.2 Å². The molecule has 0 saturated carbocycles. The summed E-state index contributed by atoms with van der Waals surface area (Å²) in [4.78, 5) is 4.11. The molecule has 1 saturated heterocycles. The van der Waals surface area contributed by atoms with E-state index in [1.54, 1.807) is 12.1 Å². The molecule has 0 unspecified atom stereocenters. The van der Waals surface area contributed by atoms with E-state index in [0.717, 1.165) is 50.4 Å². The van der Waals surface area contributed by atoms with Gasteiger partial charge in [-0.05, 0) is 57.3 Å². The maximum Gasteiger partial charge on any atom is 0.208 e. The largest absolute Gasteiger partial charge is 0.384 e. The predicted octanol–water partition coefficient (Wildman–Crippen LogP) is 3.37. The molecule has 1 aliphatic rings. The van der Waals surface area contributed by atoms with Crippen molar-refractivity contribution in [3.8, 4) is 0 Å². The highest BCUT2D eigenvalue weighted by molar-refractivity contribution is 7.91. The van der Waals surface area contributed by atoms with Crippen LogP contribution in [0.15, 0.2) is 46.2 Å². The molecule has 0 amide bonds. The van der Waals surface area contributed by atoms with E-state index in [-0.39, 0.29) is 4.90 Å². The first-order valence-corrected chi connectivity index (χ1v) is 10.8. The Morgan fingerprint density at radius 2 is 1.71 bits per heavy atom. The van der Waals surface area contributed by atoms with Gasteiger partial charge in [0.1, 0.15) is 11.6 Å². The molecule has 0 aliphatic carbocycles. The molecule has 8 heteroatoms. The van der Waals surface area contributed by atoms with Crippen molar-refractivity contribution >= 4 is 21.2 Å². The molecule has 1 N–H and O–H groups in total. The van der Waals surface area contributed by atoms with Crippen molar-refractivity contribution < 1.29 is 17.2 Å². The third-order valence-corrected chi connectivity index (χ3v) is 6.64. The fourth-order valence-corrected chi connectivity index (χ4v) is 4.85. The summed E-state index contributed by atoms with van der Waals surface area (Å²) in [6.45, 7) is 6.08. The zero-order valence-corrected chi connectivity index (χ0v) is 16.9. The minimum atomic E-state index is -4.07. The number of nitrogens with zero attached hydrogens (tertiary/aromatic N) is 2. The Morgan fingerprint density at radius 1 is 1.00 bits per heavy atom.